The molecule has 2 aromatic carbocycles. The number of aryl methyl sites for hydroxylation is 2. The van der Waals surface area contributed by atoms with Gasteiger partial charge in [0.05, 0.1) is 0 Å². The fraction of sp³-hybridized carbons (Fsp3) is 0.286. The highest BCUT2D eigenvalue weighted by molar-refractivity contribution is 6.31. The summed E-state index contributed by atoms with van der Waals surface area (Å²) in [5, 5.41) is 1.55. The molecule has 2 heterocycles. The third kappa shape index (κ3) is 3.06. The number of piperazine rings is 1. The lowest BCUT2D eigenvalue weighted by Gasteiger charge is -2.36. The van der Waals surface area contributed by atoms with E-state index in [1.165, 1.54) is 11.3 Å². The first-order valence-corrected chi connectivity index (χ1v) is 9.20. The fourth-order valence-electron chi connectivity index (χ4n) is 3.53. The van der Waals surface area contributed by atoms with Crippen molar-refractivity contribution in [1.82, 2.24) is 4.90 Å². The maximum Gasteiger partial charge on any atom is 0.290 e. The van der Waals surface area contributed by atoms with Gasteiger partial charge < -0.3 is 14.2 Å². The maximum atomic E-state index is 13.0. The molecule has 1 fully saturated rings. The molecule has 1 amide bonds. The summed E-state index contributed by atoms with van der Waals surface area (Å²) in [6.07, 6.45) is 0. The van der Waals surface area contributed by atoms with E-state index in [1.54, 1.807) is 6.07 Å². The number of carbonyl (C=O) groups is 1. The molecule has 1 aliphatic rings. The molecule has 0 saturated carbocycles. The molecule has 1 aromatic heterocycles. The van der Waals surface area contributed by atoms with E-state index in [1.807, 2.05) is 24.0 Å². The van der Waals surface area contributed by atoms with Crippen LogP contribution in [0.5, 0.6) is 0 Å². The van der Waals surface area contributed by atoms with E-state index in [0.717, 1.165) is 24.0 Å². The Balaban J connectivity index is 1.51. The van der Waals surface area contributed by atoms with Gasteiger partial charge in [-0.15, -0.1) is 0 Å². The van der Waals surface area contributed by atoms with Crippen molar-refractivity contribution in [2.45, 2.75) is 13.8 Å². The van der Waals surface area contributed by atoms with Crippen LogP contribution in [0.25, 0.3) is 11.0 Å². The molecule has 0 bridgehead atoms. The van der Waals surface area contributed by atoms with E-state index in [-0.39, 0.29) is 5.91 Å². The van der Waals surface area contributed by atoms with Gasteiger partial charge in [-0.25, -0.2) is 0 Å². The minimum Gasteiger partial charge on any atom is -0.451 e. The highest BCUT2D eigenvalue weighted by Gasteiger charge is 2.26. The second-order valence-electron chi connectivity index (χ2n) is 6.81. The number of benzene rings is 2. The predicted octanol–water partition coefficient (Wildman–Crippen LogP) is 4.67. The first-order valence-electron chi connectivity index (χ1n) is 8.82. The zero-order chi connectivity index (χ0) is 18.3. The minimum absolute atomic E-state index is 0.0429. The molecule has 0 unspecified atom stereocenters. The van der Waals surface area contributed by atoms with Crippen LogP contribution >= 0.6 is 11.6 Å². The van der Waals surface area contributed by atoms with Crippen LogP contribution in [-0.4, -0.2) is 37.0 Å². The minimum atomic E-state index is -0.0429. The summed E-state index contributed by atoms with van der Waals surface area (Å²) in [6.45, 7) is 7.02. The summed E-state index contributed by atoms with van der Waals surface area (Å²) >= 11 is 6.07. The summed E-state index contributed by atoms with van der Waals surface area (Å²) in [6, 6.07) is 13.9. The molecule has 0 radical (unpaired) electrons. The van der Waals surface area contributed by atoms with Gasteiger partial charge in [-0.05, 0) is 49.7 Å². The van der Waals surface area contributed by atoms with Gasteiger partial charge in [0.15, 0.2) is 5.76 Å². The number of nitrogens with zero attached hydrogens (tertiary/aromatic N) is 2. The first kappa shape index (κ1) is 17.0. The van der Waals surface area contributed by atoms with Gasteiger partial charge in [-0.1, -0.05) is 23.7 Å². The molecule has 0 spiro atoms. The third-order valence-corrected chi connectivity index (χ3v) is 5.26. The maximum absolute atomic E-state index is 13.0. The molecule has 3 aromatic rings. The quantitative estimate of drug-likeness (QED) is 0.659. The largest absolute Gasteiger partial charge is 0.451 e. The average molecular weight is 369 g/mol. The first-order chi connectivity index (χ1) is 12.5. The van der Waals surface area contributed by atoms with Crippen LogP contribution in [0.3, 0.4) is 0 Å². The highest BCUT2D eigenvalue weighted by Crippen LogP contribution is 2.29. The number of hydrogen-bond donors (Lipinski definition) is 0. The van der Waals surface area contributed by atoms with Crippen molar-refractivity contribution >= 4 is 34.2 Å². The summed E-state index contributed by atoms with van der Waals surface area (Å²) in [4.78, 5) is 17.1. The molecule has 1 saturated heterocycles. The van der Waals surface area contributed by atoms with Crippen molar-refractivity contribution in [3.63, 3.8) is 0 Å². The number of halogens is 1. The lowest BCUT2D eigenvalue weighted by Crippen LogP contribution is -2.48. The lowest BCUT2D eigenvalue weighted by atomic mass is 10.1. The Morgan fingerprint density at radius 1 is 1.04 bits per heavy atom. The highest BCUT2D eigenvalue weighted by atomic mass is 35.5. The number of anilines is 1. The second kappa shape index (κ2) is 6.69. The lowest BCUT2D eigenvalue weighted by molar-refractivity contribution is 0.0716. The van der Waals surface area contributed by atoms with E-state index < -0.39 is 0 Å². The summed E-state index contributed by atoms with van der Waals surface area (Å²) in [5.41, 5.74) is 4.02. The number of rotatable bonds is 2. The van der Waals surface area contributed by atoms with Gasteiger partial charge in [0.2, 0.25) is 0 Å². The van der Waals surface area contributed by atoms with E-state index in [0.29, 0.717) is 29.5 Å². The van der Waals surface area contributed by atoms with Gasteiger partial charge in [0, 0.05) is 47.8 Å². The standard InChI is InChI=1S/C21H21ClN2O2/c1-14-4-3-5-17(12-14)23-8-10-24(11-9-23)21(25)20-15(2)18-13-16(22)6-7-19(18)26-20/h3-7,12-13H,8-11H2,1-2H3. The number of furan rings is 1. The van der Waals surface area contributed by atoms with Crippen molar-refractivity contribution in [3.05, 3.63) is 64.4 Å². The normalized spacial score (nSPS) is 14.9. The van der Waals surface area contributed by atoms with Crippen molar-refractivity contribution in [1.29, 1.82) is 0 Å². The molecule has 134 valence electrons. The molecule has 0 atom stereocenters. The van der Waals surface area contributed by atoms with Crippen LogP contribution in [0.2, 0.25) is 5.02 Å². The molecule has 1 aliphatic heterocycles. The smallest absolute Gasteiger partial charge is 0.290 e. The van der Waals surface area contributed by atoms with Crippen LogP contribution in [0.15, 0.2) is 46.9 Å². The van der Waals surface area contributed by atoms with Gasteiger partial charge in [-0.2, -0.15) is 0 Å². The number of hydrogen-bond acceptors (Lipinski definition) is 3. The SMILES string of the molecule is Cc1cccc(N2CCN(C(=O)c3oc4ccc(Cl)cc4c3C)CC2)c1. The third-order valence-electron chi connectivity index (χ3n) is 5.03. The van der Waals surface area contributed by atoms with Crippen LogP contribution in [0.4, 0.5) is 5.69 Å². The van der Waals surface area contributed by atoms with Crippen LogP contribution in [0, 0.1) is 13.8 Å². The van der Waals surface area contributed by atoms with E-state index in [2.05, 4.69) is 36.1 Å². The summed E-state index contributed by atoms with van der Waals surface area (Å²) in [5.74, 6) is 0.380. The summed E-state index contributed by atoms with van der Waals surface area (Å²) in [7, 11) is 0. The molecule has 5 heteroatoms. The van der Waals surface area contributed by atoms with E-state index in [9.17, 15) is 4.79 Å². The predicted molar refractivity (Wildman–Crippen MR) is 105 cm³/mol. The Hall–Kier alpha value is -2.46. The average Bonchev–Trinajstić information content (AvgIpc) is 2.97. The Kier molecular flexibility index (Phi) is 4.37. The zero-order valence-electron chi connectivity index (χ0n) is 15.0. The van der Waals surface area contributed by atoms with Gasteiger partial charge in [0.25, 0.3) is 5.91 Å². The van der Waals surface area contributed by atoms with E-state index >= 15 is 0 Å². The number of fused-ring (bicyclic) bond motifs is 1. The van der Waals surface area contributed by atoms with Crippen molar-refractivity contribution in [3.8, 4) is 0 Å². The van der Waals surface area contributed by atoms with Crippen molar-refractivity contribution < 1.29 is 9.21 Å². The van der Waals surface area contributed by atoms with Gasteiger partial charge in [-0.3, -0.25) is 4.79 Å². The van der Waals surface area contributed by atoms with Crippen molar-refractivity contribution in [2.24, 2.45) is 0 Å². The molecule has 4 nitrogen and oxygen atoms in total. The molecular weight excluding hydrogens is 348 g/mol. The number of carbonyl (C=O) groups excluding carboxylic acids is 1. The van der Waals surface area contributed by atoms with Gasteiger partial charge >= 0.3 is 0 Å². The molecule has 26 heavy (non-hydrogen) atoms. The molecule has 0 aliphatic carbocycles. The fourth-order valence-corrected chi connectivity index (χ4v) is 3.71. The molecule has 0 N–H and O–H groups in total. The van der Waals surface area contributed by atoms with Crippen molar-refractivity contribution in [2.75, 3.05) is 31.1 Å². The van der Waals surface area contributed by atoms with Crippen LogP contribution in [-0.2, 0) is 0 Å². The van der Waals surface area contributed by atoms with Crippen LogP contribution in [0.1, 0.15) is 21.7 Å². The monoisotopic (exact) mass is 368 g/mol. The topological polar surface area (TPSA) is 36.7 Å². The Morgan fingerprint density at radius 3 is 2.54 bits per heavy atom. The Labute approximate surface area is 157 Å². The molecule has 4 rings (SSSR count). The Bertz CT molecular complexity index is 971. The summed E-state index contributed by atoms with van der Waals surface area (Å²) < 4.78 is 5.83. The molecular formula is C21H21ClN2O2. The second-order valence-corrected chi connectivity index (χ2v) is 7.25. The zero-order valence-corrected chi connectivity index (χ0v) is 15.7. The van der Waals surface area contributed by atoms with Crippen LogP contribution < -0.4 is 4.90 Å². The Morgan fingerprint density at radius 2 is 1.81 bits per heavy atom. The number of amides is 1. The van der Waals surface area contributed by atoms with E-state index in [4.69, 9.17) is 16.0 Å². The van der Waals surface area contributed by atoms with Gasteiger partial charge in [0.1, 0.15) is 5.58 Å².